The van der Waals surface area contributed by atoms with Crippen LogP contribution in [-0.2, 0) is 6.61 Å². The van der Waals surface area contributed by atoms with E-state index in [-0.39, 0.29) is 12.5 Å². The van der Waals surface area contributed by atoms with E-state index in [1.165, 1.54) is 0 Å². The average molecular weight is 312 g/mol. The Hall–Kier alpha value is -1.69. The molecule has 0 aliphatic rings. The summed E-state index contributed by atoms with van der Waals surface area (Å²) in [5.74, 6) is 1.94. The SMILES string of the molecule is COc1cc(NCC(O)CCl)ccc1-c1ccc(CO)o1. The molecule has 0 spiro atoms. The van der Waals surface area contributed by atoms with E-state index in [4.69, 9.17) is 25.9 Å². The van der Waals surface area contributed by atoms with Crippen LogP contribution in [-0.4, -0.2) is 35.9 Å². The van der Waals surface area contributed by atoms with Gasteiger partial charge in [-0.2, -0.15) is 0 Å². The third kappa shape index (κ3) is 3.91. The van der Waals surface area contributed by atoms with Gasteiger partial charge in [-0.05, 0) is 24.3 Å². The maximum atomic E-state index is 9.44. The quantitative estimate of drug-likeness (QED) is 0.685. The van der Waals surface area contributed by atoms with Gasteiger partial charge in [-0.15, -0.1) is 11.6 Å². The lowest BCUT2D eigenvalue weighted by molar-refractivity contribution is 0.211. The maximum Gasteiger partial charge on any atom is 0.138 e. The van der Waals surface area contributed by atoms with Crippen LogP contribution in [0.1, 0.15) is 5.76 Å². The van der Waals surface area contributed by atoms with Gasteiger partial charge in [0, 0.05) is 18.3 Å². The van der Waals surface area contributed by atoms with Crippen LogP contribution in [0.3, 0.4) is 0 Å². The molecule has 6 heteroatoms. The molecule has 1 atom stereocenters. The molecule has 2 aromatic rings. The number of rotatable bonds is 7. The monoisotopic (exact) mass is 311 g/mol. The number of ether oxygens (including phenoxy) is 1. The van der Waals surface area contributed by atoms with E-state index in [2.05, 4.69) is 5.32 Å². The molecule has 21 heavy (non-hydrogen) atoms. The zero-order chi connectivity index (χ0) is 15.2. The summed E-state index contributed by atoms with van der Waals surface area (Å²) in [4.78, 5) is 0. The van der Waals surface area contributed by atoms with Gasteiger partial charge in [0.15, 0.2) is 0 Å². The van der Waals surface area contributed by atoms with Crippen LogP contribution in [0.15, 0.2) is 34.7 Å². The van der Waals surface area contributed by atoms with Crippen molar-refractivity contribution >= 4 is 17.3 Å². The van der Waals surface area contributed by atoms with Gasteiger partial charge < -0.3 is 24.7 Å². The average Bonchev–Trinajstić information content (AvgIpc) is 3.01. The van der Waals surface area contributed by atoms with Crippen LogP contribution in [0.25, 0.3) is 11.3 Å². The maximum absolute atomic E-state index is 9.44. The number of anilines is 1. The molecule has 0 fully saturated rings. The topological polar surface area (TPSA) is 74.9 Å². The Labute approximate surface area is 128 Å². The molecule has 5 nitrogen and oxygen atoms in total. The molecular weight excluding hydrogens is 294 g/mol. The second-order valence-corrected chi connectivity index (χ2v) is 4.84. The summed E-state index contributed by atoms with van der Waals surface area (Å²) in [5, 5.41) is 21.6. The number of furan rings is 1. The zero-order valence-electron chi connectivity index (χ0n) is 11.7. The largest absolute Gasteiger partial charge is 0.496 e. The molecule has 0 saturated carbocycles. The van der Waals surface area contributed by atoms with Crippen LogP contribution in [0, 0.1) is 0 Å². The lowest BCUT2D eigenvalue weighted by Crippen LogP contribution is -2.20. The molecule has 0 aliphatic carbocycles. The molecule has 1 unspecified atom stereocenters. The lowest BCUT2D eigenvalue weighted by atomic mass is 10.1. The van der Waals surface area contributed by atoms with Crippen molar-refractivity contribution in [1.29, 1.82) is 0 Å². The van der Waals surface area contributed by atoms with E-state index < -0.39 is 6.10 Å². The fourth-order valence-electron chi connectivity index (χ4n) is 1.90. The van der Waals surface area contributed by atoms with Gasteiger partial charge in [0.1, 0.15) is 23.9 Å². The molecule has 2 rings (SSSR count). The van der Waals surface area contributed by atoms with E-state index in [1.807, 2.05) is 18.2 Å². The molecule has 0 radical (unpaired) electrons. The number of benzene rings is 1. The molecule has 114 valence electrons. The minimum Gasteiger partial charge on any atom is -0.496 e. The number of aliphatic hydroxyl groups excluding tert-OH is 2. The first-order valence-corrected chi connectivity index (χ1v) is 7.07. The molecule has 3 N–H and O–H groups in total. The zero-order valence-corrected chi connectivity index (χ0v) is 12.4. The van der Waals surface area contributed by atoms with Crippen LogP contribution < -0.4 is 10.1 Å². The van der Waals surface area contributed by atoms with Gasteiger partial charge in [-0.3, -0.25) is 0 Å². The van der Waals surface area contributed by atoms with Gasteiger partial charge in [0.05, 0.1) is 24.7 Å². The van der Waals surface area contributed by atoms with Gasteiger partial charge in [0.2, 0.25) is 0 Å². The van der Waals surface area contributed by atoms with Gasteiger partial charge in [-0.1, -0.05) is 0 Å². The summed E-state index contributed by atoms with van der Waals surface area (Å²) in [6.45, 7) is 0.222. The van der Waals surface area contributed by atoms with E-state index >= 15 is 0 Å². The summed E-state index contributed by atoms with van der Waals surface area (Å²) >= 11 is 5.55. The molecule has 0 aliphatic heterocycles. The molecule has 0 saturated heterocycles. The highest BCUT2D eigenvalue weighted by atomic mass is 35.5. The lowest BCUT2D eigenvalue weighted by Gasteiger charge is -2.13. The molecule has 0 bridgehead atoms. The highest BCUT2D eigenvalue weighted by Crippen LogP contribution is 2.33. The van der Waals surface area contributed by atoms with Crippen molar-refractivity contribution in [1.82, 2.24) is 0 Å². The number of methoxy groups -OCH3 is 1. The smallest absolute Gasteiger partial charge is 0.138 e. The number of hydrogen-bond donors (Lipinski definition) is 3. The molecule has 1 aromatic carbocycles. The Balaban J connectivity index is 2.20. The van der Waals surface area contributed by atoms with Crippen LogP contribution >= 0.6 is 11.6 Å². The Morgan fingerprint density at radius 2 is 2.14 bits per heavy atom. The molecule has 1 heterocycles. The number of halogens is 1. The van der Waals surface area contributed by atoms with Crippen molar-refractivity contribution in [2.24, 2.45) is 0 Å². The van der Waals surface area contributed by atoms with Crippen molar-refractivity contribution in [3.8, 4) is 17.1 Å². The molecule has 1 aromatic heterocycles. The highest BCUT2D eigenvalue weighted by molar-refractivity contribution is 6.18. The normalized spacial score (nSPS) is 12.2. The summed E-state index contributed by atoms with van der Waals surface area (Å²) in [6.07, 6.45) is -0.602. The van der Waals surface area contributed by atoms with E-state index in [0.717, 1.165) is 11.3 Å². The first-order chi connectivity index (χ1) is 10.2. The highest BCUT2D eigenvalue weighted by Gasteiger charge is 2.11. The van der Waals surface area contributed by atoms with Crippen LogP contribution in [0.5, 0.6) is 5.75 Å². The van der Waals surface area contributed by atoms with Crippen molar-refractivity contribution < 1.29 is 19.4 Å². The van der Waals surface area contributed by atoms with Crippen molar-refractivity contribution in [3.05, 3.63) is 36.1 Å². The van der Waals surface area contributed by atoms with Crippen molar-refractivity contribution in [2.75, 3.05) is 24.9 Å². The summed E-state index contributed by atoms with van der Waals surface area (Å²) in [5.41, 5.74) is 1.61. The van der Waals surface area contributed by atoms with Crippen LogP contribution in [0.2, 0.25) is 0 Å². The summed E-state index contributed by atoms with van der Waals surface area (Å²) in [6, 6.07) is 9.04. The Kier molecular flexibility index (Phi) is 5.50. The number of aliphatic hydroxyl groups is 2. The van der Waals surface area contributed by atoms with E-state index in [9.17, 15) is 5.11 Å². The number of nitrogens with one attached hydrogen (secondary N) is 1. The number of alkyl halides is 1. The summed E-state index contributed by atoms with van der Waals surface area (Å²) < 4.78 is 10.9. The second kappa shape index (κ2) is 7.36. The third-order valence-electron chi connectivity index (χ3n) is 3.00. The van der Waals surface area contributed by atoms with Crippen molar-refractivity contribution in [2.45, 2.75) is 12.7 Å². The fourth-order valence-corrected chi connectivity index (χ4v) is 2.01. The number of hydrogen-bond acceptors (Lipinski definition) is 5. The minimum atomic E-state index is -0.602. The van der Waals surface area contributed by atoms with Gasteiger partial charge in [-0.25, -0.2) is 0 Å². The second-order valence-electron chi connectivity index (χ2n) is 4.53. The first-order valence-electron chi connectivity index (χ1n) is 6.53. The standard InChI is InChI=1S/C15H18ClNO4/c1-20-15-6-10(17-8-11(19)7-16)2-4-13(15)14-5-3-12(9-18)21-14/h2-6,11,17-19H,7-9H2,1H3. The Morgan fingerprint density at radius 3 is 2.76 bits per heavy atom. The molecule has 0 amide bonds. The first kappa shape index (κ1) is 15.7. The fraction of sp³-hybridized carbons (Fsp3) is 0.333. The predicted octanol–water partition coefficient (Wildman–Crippen LogP) is 2.46. The van der Waals surface area contributed by atoms with E-state index in [1.54, 1.807) is 19.2 Å². The van der Waals surface area contributed by atoms with Crippen molar-refractivity contribution in [3.63, 3.8) is 0 Å². The Morgan fingerprint density at radius 1 is 1.33 bits per heavy atom. The Bertz CT molecular complexity index is 585. The predicted molar refractivity (Wildman–Crippen MR) is 81.8 cm³/mol. The molecular formula is C15H18ClNO4. The van der Waals surface area contributed by atoms with Crippen LogP contribution in [0.4, 0.5) is 5.69 Å². The minimum absolute atomic E-state index is 0.141. The third-order valence-corrected chi connectivity index (χ3v) is 3.36. The van der Waals surface area contributed by atoms with E-state index in [0.29, 0.717) is 23.8 Å². The van der Waals surface area contributed by atoms with Gasteiger partial charge >= 0.3 is 0 Å². The summed E-state index contributed by atoms with van der Waals surface area (Å²) in [7, 11) is 1.58. The van der Waals surface area contributed by atoms with Gasteiger partial charge in [0.25, 0.3) is 0 Å².